The molecule has 0 atom stereocenters. The summed E-state index contributed by atoms with van der Waals surface area (Å²) in [5.41, 5.74) is 1.84. The molecule has 34 heavy (non-hydrogen) atoms. The first kappa shape index (κ1) is 25.8. The standard InChI is InChI=1S/C25H32ClN5O3/c1-2-30(19-23(32)8-4-7-17-29-15-5-3-6-16-29)21-11-9-20(10-12-21)27-28-25-14-13-22(31(33)34)18-24(25)26/h9-14,18H,2-8,15-17,19H2,1H3. The topological polar surface area (TPSA) is 91.4 Å². The molecule has 182 valence electrons. The van der Waals surface area contributed by atoms with E-state index in [2.05, 4.69) is 20.0 Å². The van der Waals surface area contributed by atoms with E-state index in [9.17, 15) is 14.9 Å². The van der Waals surface area contributed by atoms with Crippen LogP contribution in [0, 0.1) is 10.1 Å². The van der Waals surface area contributed by atoms with Crippen molar-refractivity contribution in [2.45, 2.75) is 45.4 Å². The molecule has 0 aliphatic carbocycles. The van der Waals surface area contributed by atoms with Crippen molar-refractivity contribution in [1.82, 2.24) is 4.90 Å². The van der Waals surface area contributed by atoms with Crippen LogP contribution in [0.15, 0.2) is 52.7 Å². The van der Waals surface area contributed by atoms with Crippen molar-refractivity contribution in [1.29, 1.82) is 0 Å². The Morgan fingerprint density at radius 3 is 2.47 bits per heavy atom. The third-order valence-electron chi connectivity index (χ3n) is 6.01. The number of piperidine rings is 1. The van der Waals surface area contributed by atoms with Gasteiger partial charge >= 0.3 is 0 Å². The van der Waals surface area contributed by atoms with Gasteiger partial charge in [-0.1, -0.05) is 18.0 Å². The summed E-state index contributed by atoms with van der Waals surface area (Å²) in [6, 6.07) is 11.5. The molecule has 1 heterocycles. The van der Waals surface area contributed by atoms with Gasteiger partial charge in [0.15, 0.2) is 5.78 Å². The first-order valence-corrected chi connectivity index (χ1v) is 12.3. The van der Waals surface area contributed by atoms with Crippen LogP contribution < -0.4 is 4.90 Å². The Balaban J connectivity index is 1.48. The molecule has 0 unspecified atom stereocenters. The van der Waals surface area contributed by atoms with Crippen molar-refractivity contribution in [2.24, 2.45) is 10.2 Å². The summed E-state index contributed by atoms with van der Waals surface area (Å²) in [5, 5.41) is 19.2. The number of Topliss-reactive ketones (excluding diaryl/α,β-unsaturated/α-hetero) is 1. The van der Waals surface area contributed by atoms with Crippen LogP contribution >= 0.6 is 11.6 Å². The number of hydrogen-bond donors (Lipinski definition) is 0. The Labute approximate surface area is 205 Å². The van der Waals surface area contributed by atoms with Gasteiger partial charge in [0.05, 0.1) is 22.2 Å². The van der Waals surface area contributed by atoms with Crippen molar-refractivity contribution in [3.05, 3.63) is 57.6 Å². The van der Waals surface area contributed by atoms with Crippen LogP contribution in [0.5, 0.6) is 0 Å². The Morgan fingerprint density at radius 2 is 1.82 bits per heavy atom. The molecule has 0 N–H and O–H groups in total. The number of likely N-dealkylation sites (N-methyl/N-ethyl adjacent to an activating group) is 1. The zero-order chi connectivity index (χ0) is 24.3. The Hall–Kier alpha value is -2.84. The van der Waals surface area contributed by atoms with Gasteiger partial charge in [-0.25, -0.2) is 0 Å². The number of ketones is 1. The van der Waals surface area contributed by atoms with Gasteiger partial charge in [-0.2, -0.15) is 5.11 Å². The molecule has 0 radical (unpaired) electrons. The number of carbonyl (C=O) groups is 1. The van der Waals surface area contributed by atoms with Crippen LogP contribution in [0.2, 0.25) is 5.02 Å². The number of anilines is 1. The maximum Gasteiger partial charge on any atom is 0.271 e. The second-order valence-electron chi connectivity index (χ2n) is 8.52. The van der Waals surface area contributed by atoms with Crippen molar-refractivity contribution in [3.8, 4) is 0 Å². The summed E-state index contributed by atoms with van der Waals surface area (Å²) in [5.74, 6) is 0.261. The normalized spacial score (nSPS) is 14.4. The number of nitro groups is 1. The fraction of sp³-hybridized carbons (Fsp3) is 0.480. The van der Waals surface area contributed by atoms with E-state index in [1.807, 2.05) is 31.2 Å². The number of unbranched alkanes of at least 4 members (excludes halogenated alkanes) is 1. The summed E-state index contributed by atoms with van der Waals surface area (Å²) in [4.78, 5) is 27.4. The zero-order valence-corrected chi connectivity index (χ0v) is 20.4. The smallest absolute Gasteiger partial charge is 0.271 e. The van der Waals surface area contributed by atoms with Crippen LogP contribution in [0.3, 0.4) is 0 Å². The van der Waals surface area contributed by atoms with E-state index in [0.29, 0.717) is 24.3 Å². The Bertz CT molecular complexity index is 991. The van der Waals surface area contributed by atoms with E-state index >= 15 is 0 Å². The third kappa shape index (κ3) is 7.88. The maximum atomic E-state index is 12.5. The number of azo groups is 1. The van der Waals surface area contributed by atoms with Crippen LogP contribution in [0.25, 0.3) is 0 Å². The molecule has 1 fully saturated rings. The molecular weight excluding hydrogens is 454 g/mol. The van der Waals surface area contributed by atoms with Gasteiger partial charge < -0.3 is 9.80 Å². The first-order chi connectivity index (χ1) is 16.5. The summed E-state index contributed by atoms with van der Waals surface area (Å²) >= 11 is 6.06. The maximum absolute atomic E-state index is 12.5. The van der Waals surface area contributed by atoms with Gasteiger partial charge in [0, 0.05) is 30.8 Å². The molecule has 0 aromatic heterocycles. The van der Waals surface area contributed by atoms with Gasteiger partial charge in [0.25, 0.3) is 5.69 Å². The number of carbonyl (C=O) groups excluding carboxylic acids is 1. The second kappa shape index (κ2) is 13.2. The fourth-order valence-corrected chi connectivity index (χ4v) is 4.26. The lowest BCUT2D eigenvalue weighted by Crippen LogP contribution is -2.31. The lowest BCUT2D eigenvalue weighted by molar-refractivity contribution is -0.384. The molecule has 8 nitrogen and oxygen atoms in total. The number of likely N-dealkylation sites (tertiary alicyclic amines) is 1. The van der Waals surface area contributed by atoms with Crippen LogP contribution in [0.1, 0.15) is 45.4 Å². The molecule has 2 aromatic carbocycles. The molecular formula is C25H32ClN5O3. The number of hydrogen-bond acceptors (Lipinski definition) is 7. The molecule has 9 heteroatoms. The van der Waals surface area contributed by atoms with Gasteiger partial charge in [-0.05, 0) is 82.6 Å². The van der Waals surface area contributed by atoms with E-state index in [1.165, 1.54) is 50.6 Å². The van der Waals surface area contributed by atoms with E-state index in [1.54, 1.807) is 0 Å². The SMILES string of the molecule is CCN(CC(=O)CCCCN1CCCCC1)c1ccc(N=Nc2ccc([N+](=O)[O-])cc2Cl)cc1. The summed E-state index contributed by atoms with van der Waals surface area (Å²) in [6.07, 6.45) is 6.59. The molecule has 0 bridgehead atoms. The zero-order valence-electron chi connectivity index (χ0n) is 19.7. The lowest BCUT2D eigenvalue weighted by Gasteiger charge is -2.26. The predicted octanol–water partition coefficient (Wildman–Crippen LogP) is 6.72. The first-order valence-electron chi connectivity index (χ1n) is 11.9. The molecule has 1 saturated heterocycles. The highest BCUT2D eigenvalue weighted by molar-refractivity contribution is 6.33. The number of nitro benzene ring substituents is 1. The molecule has 0 amide bonds. The Kier molecular flexibility index (Phi) is 9.97. The monoisotopic (exact) mass is 485 g/mol. The number of nitrogens with zero attached hydrogens (tertiary/aromatic N) is 5. The van der Waals surface area contributed by atoms with E-state index in [-0.39, 0.29) is 16.5 Å². The number of rotatable bonds is 12. The van der Waals surface area contributed by atoms with Crippen LogP contribution in [0.4, 0.5) is 22.7 Å². The van der Waals surface area contributed by atoms with Crippen LogP contribution in [-0.2, 0) is 4.79 Å². The van der Waals surface area contributed by atoms with E-state index < -0.39 is 4.92 Å². The summed E-state index contributed by atoms with van der Waals surface area (Å²) < 4.78 is 0. The van der Waals surface area contributed by atoms with E-state index in [4.69, 9.17) is 11.6 Å². The molecule has 2 aromatic rings. The highest BCUT2D eigenvalue weighted by Crippen LogP contribution is 2.30. The lowest BCUT2D eigenvalue weighted by atomic mass is 10.1. The quantitative estimate of drug-likeness (QED) is 0.144. The molecule has 0 spiro atoms. The molecule has 1 aliphatic heterocycles. The molecule has 1 aliphatic rings. The average molecular weight is 486 g/mol. The number of halogens is 1. The summed E-state index contributed by atoms with van der Waals surface area (Å²) in [6.45, 7) is 6.68. The molecule has 3 rings (SSSR count). The predicted molar refractivity (Wildman–Crippen MR) is 136 cm³/mol. The third-order valence-corrected chi connectivity index (χ3v) is 6.31. The summed E-state index contributed by atoms with van der Waals surface area (Å²) in [7, 11) is 0. The number of non-ortho nitro benzene ring substituents is 1. The van der Waals surface area contributed by atoms with Crippen molar-refractivity contribution >= 4 is 40.1 Å². The second-order valence-corrected chi connectivity index (χ2v) is 8.93. The van der Waals surface area contributed by atoms with Gasteiger partial charge in [-0.3, -0.25) is 14.9 Å². The largest absolute Gasteiger partial charge is 0.364 e. The minimum absolute atomic E-state index is 0.0930. The van der Waals surface area contributed by atoms with Crippen molar-refractivity contribution < 1.29 is 9.72 Å². The average Bonchev–Trinajstić information content (AvgIpc) is 2.85. The van der Waals surface area contributed by atoms with E-state index in [0.717, 1.165) is 31.6 Å². The van der Waals surface area contributed by atoms with Gasteiger partial charge in [0.2, 0.25) is 0 Å². The minimum Gasteiger partial charge on any atom is -0.364 e. The number of benzene rings is 2. The van der Waals surface area contributed by atoms with Crippen molar-refractivity contribution in [2.75, 3.05) is 37.6 Å². The van der Waals surface area contributed by atoms with Gasteiger partial charge in [-0.15, -0.1) is 5.11 Å². The molecule has 0 saturated carbocycles. The van der Waals surface area contributed by atoms with Gasteiger partial charge in [0.1, 0.15) is 5.69 Å². The van der Waals surface area contributed by atoms with Crippen molar-refractivity contribution in [3.63, 3.8) is 0 Å². The minimum atomic E-state index is -0.509. The van der Waals surface area contributed by atoms with Crippen LogP contribution in [-0.4, -0.2) is 48.3 Å². The Morgan fingerprint density at radius 1 is 1.09 bits per heavy atom. The fourth-order valence-electron chi connectivity index (χ4n) is 4.05. The highest BCUT2D eigenvalue weighted by Gasteiger charge is 2.13. The highest BCUT2D eigenvalue weighted by atomic mass is 35.5.